The molecule has 6 heteroatoms. The summed E-state index contributed by atoms with van der Waals surface area (Å²) in [4.78, 5) is 12.3. The zero-order chi connectivity index (χ0) is 15.6. The van der Waals surface area contributed by atoms with Crippen molar-refractivity contribution in [2.24, 2.45) is 11.1 Å². The van der Waals surface area contributed by atoms with E-state index in [2.05, 4.69) is 12.2 Å². The first-order chi connectivity index (χ1) is 9.79. The molecule has 1 aromatic rings. The highest BCUT2D eigenvalue weighted by molar-refractivity contribution is 7.89. The summed E-state index contributed by atoms with van der Waals surface area (Å²) in [6.07, 6.45) is 4.40. The Balaban J connectivity index is 2.20. The molecule has 3 N–H and O–H groups in total. The summed E-state index contributed by atoms with van der Waals surface area (Å²) in [7, 11) is -3.81. The molecule has 5 nitrogen and oxygen atoms in total. The van der Waals surface area contributed by atoms with Crippen LogP contribution in [0.15, 0.2) is 23.1 Å². The van der Waals surface area contributed by atoms with E-state index >= 15 is 0 Å². The Morgan fingerprint density at radius 3 is 2.57 bits per heavy atom. The van der Waals surface area contributed by atoms with E-state index in [0.29, 0.717) is 17.0 Å². The Labute approximate surface area is 126 Å². The van der Waals surface area contributed by atoms with Crippen LogP contribution in [0.2, 0.25) is 0 Å². The van der Waals surface area contributed by atoms with Gasteiger partial charge in [0.2, 0.25) is 10.0 Å². The SMILES string of the molecule is Cc1ccc(C(=O)N[C@@H]2CCCC[C@H]2C)cc1S(N)(=O)=O. The van der Waals surface area contributed by atoms with Crippen molar-refractivity contribution in [1.82, 2.24) is 5.32 Å². The van der Waals surface area contributed by atoms with E-state index in [1.54, 1.807) is 19.1 Å². The third-order valence-corrected chi connectivity index (χ3v) is 5.24. The molecule has 1 aliphatic carbocycles. The molecule has 21 heavy (non-hydrogen) atoms. The van der Waals surface area contributed by atoms with Crippen molar-refractivity contribution < 1.29 is 13.2 Å². The number of primary sulfonamides is 1. The minimum atomic E-state index is -3.81. The molecule has 0 heterocycles. The summed E-state index contributed by atoms with van der Waals surface area (Å²) in [5.41, 5.74) is 0.877. The first-order valence-corrected chi connectivity index (χ1v) is 8.78. The second-order valence-corrected chi connectivity index (χ2v) is 7.40. The van der Waals surface area contributed by atoms with E-state index in [9.17, 15) is 13.2 Å². The van der Waals surface area contributed by atoms with Gasteiger partial charge >= 0.3 is 0 Å². The van der Waals surface area contributed by atoms with Gasteiger partial charge in [0, 0.05) is 11.6 Å². The van der Waals surface area contributed by atoms with Gasteiger partial charge in [-0.1, -0.05) is 25.8 Å². The number of nitrogens with one attached hydrogen (secondary N) is 1. The van der Waals surface area contributed by atoms with Crippen LogP contribution in [-0.4, -0.2) is 20.4 Å². The smallest absolute Gasteiger partial charge is 0.251 e. The number of carbonyl (C=O) groups excluding carboxylic acids is 1. The van der Waals surface area contributed by atoms with Crippen molar-refractivity contribution in [3.05, 3.63) is 29.3 Å². The van der Waals surface area contributed by atoms with Gasteiger partial charge in [-0.3, -0.25) is 4.79 Å². The predicted octanol–water partition coefficient (Wildman–Crippen LogP) is 1.95. The molecule has 1 aliphatic rings. The van der Waals surface area contributed by atoms with Gasteiger partial charge in [-0.2, -0.15) is 0 Å². The zero-order valence-corrected chi connectivity index (χ0v) is 13.2. The van der Waals surface area contributed by atoms with Crippen molar-refractivity contribution in [3.8, 4) is 0 Å². The Bertz CT molecular complexity index is 640. The van der Waals surface area contributed by atoms with E-state index in [1.807, 2.05) is 0 Å². The van der Waals surface area contributed by atoms with Crippen LogP contribution in [0.5, 0.6) is 0 Å². The van der Waals surface area contributed by atoms with Crippen LogP contribution in [-0.2, 0) is 10.0 Å². The summed E-state index contributed by atoms with van der Waals surface area (Å²) in [5, 5.41) is 8.18. The first-order valence-electron chi connectivity index (χ1n) is 7.23. The molecule has 1 fully saturated rings. The number of hydrogen-bond acceptors (Lipinski definition) is 3. The van der Waals surface area contributed by atoms with Gasteiger partial charge < -0.3 is 5.32 Å². The normalized spacial score (nSPS) is 22.8. The van der Waals surface area contributed by atoms with Crippen molar-refractivity contribution in [3.63, 3.8) is 0 Å². The van der Waals surface area contributed by atoms with Crippen LogP contribution < -0.4 is 10.5 Å². The lowest BCUT2D eigenvalue weighted by atomic mass is 9.86. The highest BCUT2D eigenvalue weighted by Crippen LogP contribution is 2.24. The number of rotatable bonds is 3. The monoisotopic (exact) mass is 310 g/mol. The molecule has 0 aliphatic heterocycles. The van der Waals surface area contributed by atoms with E-state index in [1.165, 1.54) is 12.5 Å². The quantitative estimate of drug-likeness (QED) is 0.894. The molecule has 0 spiro atoms. The van der Waals surface area contributed by atoms with E-state index in [4.69, 9.17) is 5.14 Å². The summed E-state index contributed by atoms with van der Waals surface area (Å²) in [6.45, 7) is 3.79. The minimum absolute atomic E-state index is 0.00634. The van der Waals surface area contributed by atoms with Gasteiger partial charge in [0.15, 0.2) is 0 Å². The molecule has 0 saturated heterocycles. The van der Waals surface area contributed by atoms with Crippen molar-refractivity contribution in [2.45, 2.75) is 50.5 Å². The minimum Gasteiger partial charge on any atom is -0.349 e. The number of hydrogen-bond donors (Lipinski definition) is 2. The van der Waals surface area contributed by atoms with Crippen LogP contribution in [0.3, 0.4) is 0 Å². The van der Waals surface area contributed by atoms with E-state index in [-0.39, 0.29) is 16.8 Å². The number of amides is 1. The lowest BCUT2D eigenvalue weighted by Crippen LogP contribution is -2.41. The largest absolute Gasteiger partial charge is 0.349 e. The Morgan fingerprint density at radius 1 is 1.29 bits per heavy atom. The fourth-order valence-corrected chi connectivity index (χ4v) is 3.64. The Morgan fingerprint density at radius 2 is 1.95 bits per heavy atom. The van der Waals surface area contributed by atoms with Crippen LogP contribution in [0.25, 0.3) is 0 Å². The van der Waals surface area contributed by atoms with Crippen LogP contribution in [0, 0.1) is 12.8 Å². The maximum Gasteiger partial charge on any atom is 0.251 e. The maximum absolute atomic E-state index is 12.3. The van der Waals surface area contributed by atoms with Gasteiger partial charge in [-0.05, 0) is 43.4 Å². The number of nitrogens with two attached hydrogens (primary N) is 1. The fraction of sp³-hybridized carbons (Fsp3) is 0.533. The lowest BCUT2D eigenvalue weighted by molar-refractivity contribution is 0.0910. The molecule has 0 aromatic heterocycles. The van der Waals surface area contributed by atoms with E-state index in [0.717, 1.165) is 19.3 Å². The Hall–Kier alpha value is -1.40. The van der Waals surface area contributed by atoms with Crippen molar-refractivity contribution in [1.29, 1.82) is 0 Å². The predicted molar refractivity (Wildman–Crippen MR) is 81.4 cm³/mol. The summed E-state index contributed by atoms with van der Waals surface area (Å²) >= 11 is 0. The number of sulfonamides is 1. The number of aryl methyl sites for hydroxylation is 1. The summed E-state index contributed by atoms with van der Waals surface area (Å²) in [5.74, 6) is 0.213. The third-order valence-electron chi connectivity index (χ3n) is 4.18. The lowest BCUT2D eigenvalue weighted by Gasteiger charge is -2.29. The standard InChI is InChI=1S/C15H22N2O3S/c1-10-5-3-4-6-13(10)17-15(18)12-8-7-11(2)14(9-12)21(16,19)20/h7-10,13H,3-6H2,1-2H3,(H,17,18)(H2,16,19,20)/t10-,13-/m1/s1. The molecular weight excluding hydrogens is 288 g/mol. The van der Waals surface area contributed by atoms with Gasteiger partial charge in [-0.25, -0.2) is 13.6 Å². The van der Waals surface area contributed by atoms with Gasteiger partial charge in [-0.15, -0.1) is 0 Å². The van der Waals surface area contributed by atoms with Crippen molar-refractivity contribution in [2.75, 3.05) is 0 Å². The van der Waals surface area contributed by atoms with Crippen LogP contribution in [0.1, 0.15) is 48.5 Å². The molecule has 2 atom stereocenters. The van der Waals surface area contributed by atoms with Gasteiger partial charge in [0.05, 0.1) is 4.90 Å². The van der Waals surface area contributed by atoms with Gasteiger partial charge in [0.25, 0.3) is 5.91 Å². The molecule has 0 bridgehead atoms. The van der Waals surface area contributed by atoms with E-state index < -0.39 is 10.0 Å². The molecule has 116 valence electrons. The van der Waals surface area contributed by atoms with Crippen LogP contribution >= 0.6 is 0 Å². The van der Waals surface area contributed by atoms with Crippen molar-refractivity contribution >= 4 is 15.9 Å². The molecular formula is C15H22N2O3S. The highest BCUT2D eigenvalue weighted by atomic mass is 32.2. The molecule has 0 radical (unpaired) electrons. The molecule has 1 saturated carbocycles. The average Bonchev–Trinajstić information content (AvgIpc) is 2.40. The molecule has 2 rings (SSSR count). The molecule has 0 unspecified atom stereocenters. The second kappa shape index (κ2) is 6.15. The third kappa shape index (κ3) is 3.83. The average molecular weight is 310 g/mol. The Kier molecular flexibility index (Phi) is 4.68. The summed E-state index contributed by atoms with van der Waals surface area (Å²) < 4.78 is 23.0. The summed E-state index contributed by atoms with van der Waals surface area (Å²) in [6, 6.07) is 4.75. The maximum atomic E-state index is 12.3. The molecule has 1 aromatic carbocycles. The topological polar surface area (TPSA) is 89.3 Å². The first kappa shape index (κ1) is 16.0. The zero-order valence-electron chi connectivity index (χ0n) is 12.4. The van der Waals surface area contributed by atoms with Crippen LogP contribution in [0.4, 0.5) is 0 Å². The highest BCUT2D eigenvalue weighted by Gasteiger charge is 2.24. The molecule has 1 amide bonds. The van der Waals surface area contributed by atoms with Gasteiger partial charge in [0.1, 0.15) is 0 Å². The fourth-order valence-electron chi connectivity index (χ4n) is 2.83. The number of carbonyl (C=O) groups is 1. The second-order valence-electron chi connectivity index (χ2n) is 5.87. The number of benzene rings is 1.